The molecule has 5 rings (SSSR count). The number of H-pyrrole nitrogens is 2. The molecule has 0 unspecified atom stereocenters. The van der Waals surface area contributed by atoms with E-state index in [1.54, 1.807) is 6.08 Å². The Bertz CT molecular complexity index is 1350. The van der Waals surface area contributed by atoms with Gasteiger partial charge >= 0.3 is 0 Å². The highest BCUT2D eigenvalue weighted by Gasteiger charge is 2.16. The first kappa shape index (κ1) is 16.4. The number of rotatable bonds is 3. The summed E-state index contributed by atoms with van der Waals surface area (Å²) >= 11 is 0. The first-order valence-electron chi connectivity index (χ1n) is 9.28. The van der Waals surface area contributed by atoms with Crippen molar-refractivity contribution >= 4 is 38.7 Å². The average Bonchev–Trinajstić information content (AvgIpc) is 3.33. The first-order valence-corrected chi connectivity index (χ1v) is 9.28. The fourth-order valence-electron chi connectivity index (χ4n) is 3.91. The van der Waals surface area contributed by atoms with E-state index in [1.165, 1.54) is 16.2 Å². The molecule has 0 aliphatic carbocycles. The van der Waals surface area contributed by atoms with Crippen LogP contribution >= 0.6 is 0 Å². The number of aromatic nitrogens is 3. The molecule has 0 fully saturated rings. The van der Waals surface area contributed by atoms with Crippen LogP contribution in [0.5, 0.6) is 0 Å². The van der Waals surface area contributed by atoms with E-state index in [4.69, 9.17) is 4.98 Å². The van der Waals surface area contributed by atoms with Crippen molar-refractivity contribution in [2.45, 2.75) is 6.92 Å². The molecule has 0 aliphatic heterocycles. The summed E-state index contributed by atoms with van der Waals surface area (Å²) in [4.78, 5) is 11.9. The average molecular weight is 361 g/mol. The maximum absolute atomic E-state index is 5.02. The van der Waals surface area contributed by atoms with Gasteiger partial charge < -0.3 is 9.97 Å². The maximum atomic E-state index is 5.02. The van der Waals surface area contributed by atoms with Gasteiger partial charge in [0.25, 0.3) is 0 Å². The number of allylic oxidation sites excluding steroid dienone is 2. The van der Waals surface area contributed by atoms with Crippen LogP contribution in [0.2, 0.25) is 0 Å². The molecule has 0 radical (unpaired) electrons. The molecular weight excluding hydrogens is 342 g/mol. The first-order chi connectivity index (χ1) is 13.8. The lowest BCUT2D eigenvalue weighted by atomic mass is 10.0. The van der Waals surface area contributed by atoms with Crippen LogP contribution in [0.25, 0.3) is 50.0 Å². The van der Waals surface area contributed by atoms with E-state index in [-0.39, 0.29) is 0 Å². The number of hydrogen-bond donors (Lipinski definition) is 2. The maximum Gasteiger partial charge on any atom is 0.140 e. The van der Waals surface area contributed by atoms with Crippen LogP contribution in [0.4, 0.5) is 0 Å². The predicted octanol–water partition coefficient (Wildman–Crippen LogP) is 6.53. The predicted molar refractivity (Wildman–Crippen MR) is 118 cm³/mol. The Morgan fingerprint density at radius 2 is 1.64 bits per heavy atom. The highest BCUT2D eigenvalue weighted by Crippen LogP contribution is 2.36. The van der Waals surface area contributed by atoms with Crippen molar-refractivity contribution in [1.82, 2.24) is 15.0 Å². The van der Waals surface area contributed by atoms with Crippen molar-refractivity contribution in [1.29, 1.82) is 0 Å². The van der Waals surface area contributed by atoms with Gasteiger partial charge in [0.2, 0.25) is 0 Å². The van der Waals surface area contributed by atoms with E-state index < -0.39 is 0 Å². The lowest BCUT2D eigenvalue weighted by molar-refractivity contribution is 1.26. The topological polar surface area (TPSA) is 44.5 Å². The van der Waals surface area contributed by atoms with Crippen LogP contribution in [0.3, 0.4) is 0 Å². The van der Waals surface area contributed by atoms with Gasteiger partial charge in [0.05, 0.1) is 11.0 Å². The zero-order valence-electron chi connectivity index (χ0n) is 15.6. The molecule has 3 aromatic carbocycles. The van der Waals surface area contributed by atoms with E-state index in [0.29, 0.717) is 0 Å². The number of hydrogen-bond acceptors (Lipinski definition) is 1. The molecule has 3 heteroatoms. The number of imidazole rings is 1. The van der Waals surface area contributed by atoms with Crippen LogP contribution in [-0.2, 0) is 0 Å². The van der Waals surface area contributed by atoms with Gasteiger partial charge in [-0.05, 0) is 23.8 Å². The summed E-state index contributed by atoms with van der Waals surface area (Å²) in [5.41, 5.74) is 8.11. The Hall–Kier alpha value is -3.81. The summed E-state index contributed by atoms with van der Waals surface area (Å²) in [5.74, 6) is 0.864. The summed E-state index contributed by atoms with van der Waals surface area (Å²) in [6.45, 7) is 5.67. The number of nitrogens with zero attached hydrogens (tertiary/aromatic N) is 1. The van der Waals surface area contributed by atoms with Crippen molar-refractivity contribution < 1.29 is 0 Å². The lowest BCUT2D eigenvalue weighted by Gasteiger charge is -2.05. The number of benzene rings is 3. The lowest BCUT2D eigenvalue weighted by Crippen LogP contribution is -1.82. The Kier molecular flexibility index (Phi) is 3.75. The number of aromatic amines is 2. The van der Waals surface area contributed by atoms with Crippen LogP contribution in [-0.4, -0.2) is 15.0 Å². The minimum atomic E-state index is 0.864. The second-order valence-electron chi connectivity index (χ2n) is 6.87. The van der Waals surface area contributed by atoms with Crippen LogP contribution in [0.15, 0.2) is 79.2 Å². The Morgan fingerprint density at radius 1 is 0.964 bits per heavy atom. The molecule has 0 spiro atoms. The van der Waals surface area contributed by atoms with Gasteiger partial charge in [0, 0.05) is 33.8 Å². The van der Waals surface area contributed by atoms with E-state index in [0.717, 1.165) is 39.1 Å². The smallest absolute Gasteiger partial charge is 0.140 e. The van der Waals surface area contributed by atoms with Gasteiger partial charge in [-0.3, -0.25) is 0 Å². The molecule has 0 atom stereocenters. The zero-order valence-corrected chi connectivity index (χ0v) is 15.6. The highest BCUT2D eigenvalue weighted by atomic mass is 14.9. The Morgan fingerprint density at radius 3 is 2.39 bits per heavy atom. The second-order valence-corrected chi connectivity index (χ2v) is 6.87. The van der Waals surface area contributed by atoms with E-state index in [2.05, 4.69) is 83.8 Å². The van der Waals surface area contributed by atoms with Crippen LogP contribution in [0, 0.1) is 6.92 Å². The van der Waals surface area contributed by atoms with E-state index in [1.807, 2.05) is 12.3 Å². The fraction of sp³-hybridized carbons (Fsp3) is 0.0400. The molecule has 134 valence electrons. The molecular formula is C25H19N3. The standard InChI is InChI=1S/C25H19N3/c1-3-4-5-10-17-16(2)26-15-22(17)25-27-23-20-13-8-6-11-18(20)19-12-7-9-14-21(19)24(23)28-25/h4-15,26H,1H2,2H3,(H,27,28)/b10-5-. The number of aryl methyl sites for hydroxylation is 1. The minimum absolute atomic E-state index is 0.864. The van der Waals surface area contributed by atoms with Crippen LogP contribution in [0.1, 0.15) is 11.3 Å². The van der Waals surface area contributed by atoms with Gasteiger partial charge in [-0.15, -0.1) is 5.73 Å². The molecule has 2 N–H and O–H groups in total. The number of fused-ring (bicyclic) bond motifs is 6. The summed E-state index contributed by atoms with van der Waals surface area (Å²) < 4.78 is 0. The molecule has 2 heterocycles. The van der Waals surface area contributed by atoms with Gasteiger partial charge in [-0.25, -0.2) is 4.98 Å². The Balaban J connectivity index is 1.84. The fourth-order valence-corrected chi connectivity index (χ4v) is 3.91. The molecule has 0 bridgehead atoms. The molecule has 0 saturated heterocycles. The highest BCUT2D eigenvalue weighted by molar-refractivity contribution is 6.23. The van der Waals surface area contributed by atoms with Gasteiger partial charge in [-0.2, -0.15) is 0 Å². The van der Waals surface area contributed by atoms with Crippen LogP contribution < -0.4 is 0 Å². The van der Waals surface area contributed by atoms with Crippen molar-refractivity contribution in [2.24, 2.45) is 0 Å². The largest absolute Gasteiger partial charge is 0.364 e. The van der Waals surface area contributed by atoms with Crippen molar-refractivity contribution in [3.63, 3.8) is 0 Å². The van der Waals surface area contributed by atoms with Crippen molar-refractivity contribution in [3.05, 3.63) is 90.4 Å². The molecule has 5 aromatic rings. The molecule has 2 aromatic heterocycles. The monoisotopic (exact) mass is 361 g/mol. The molecule has 0 saturated carbocycles. The number of nitrogens with one attached hydrogen (secondary N) is 2. The summed E-state index contributed by atoms with van der Waals surface area (Å²) in [7, 11) is 0. The molecule has 28 heavy (non-hydrogen) atoms. The third-order valence-electron chi connectivity index (χ3n) is 5.23. The van der Waals surface area contributed by atoms with E-state index in [9.17, 15) is 0 Å². The SMILES string of the molecule is C=C=C/C=C\c1c(-c2nc3c4ccccc4c4ccccc4c3[nH]2)c[nH]c1C. The molecule has 0 aliphatic rings. The molecule has 3 nitrogen and oxygen atoms in total. The summed E-state index contributed by atoms with van der Waals surface area (Å²) in [6, 6.07) is 17.0. The second kappa shape index (κ2) is 6.41. The quantitative estimate of drug-likeness (QED) is 0.214. The third-order valence-corrected chi connectivity index (χ3v) is 5.23. The van der Waals surface area contributed by atoms with Crippen molar-refractivity contribution in [3.8, 4) is 11.4 Å². The third kappa shape index (κ3) is 2.42. The summed E-state index contributed by atoms with van der Waals surface area (Å²) in [5, 5.41) is 4.82. The van der Waals surface area contributed by atoms with E-state index >= 15 is 0 Å². The van der Waals surface area contributed by atoms with Crippen molar-refractivity contribution in [2.75, 3.05) is 0 Å². The summed E-state index contributed by atoms with van der Waals surface area (Å²) in [6.07, 6.45) is 7.81. The zero-order chi connectivity index (χ0) is 19.1. The normalized spacial score (nSPS) is 11.6. The Labute approximate surface area is 162 Å². The minimum Gasteiger partial charge on any atom is -0.364 e. The van der Waals surface area contributed by atoms with Gasteiger partial charge in [-0.1, -0.05) is 67.3 Å². The van der Waals surface area contributed by atoms with Gasteiger partial charge in [0.15, 0.2) is 0 Å². The molecule has 0 amide bonds. The van der Waals surface area contributed by atoms with Gasteiger partial charge in [0.1, 0.15) is 5.82 Å².